The van der Waals surface area contributed by atoms with Gasteiger partial charge in [-0.3, -0.25) is 4.90 Å². The van der Waals surface area contributed by atoms with Crippen LogP contribution in [0.2, 0.25) is 10.0 Å². The van der Waals surface area contributed by atoms with E-state index in [1.807, 2.05) is 13.0 Å². The van der Waals surface area contributed by atoms with E-state index in [4.69, 9.17) is 23.2 Å². The van der Waals surface area contributed by atoms with E-state index in [2.05, 4.69) is 47.6 Å². The molecular formula is C20H27Cl2N3O. The fraction of sp³-hybridized carbons (Fsp3) is 0.450. The molecule has 0 aromatic heterocycles. The molecule has 1 aromatic rings. The van der Waals surface area contributed by atoms with Crippen molar-refractivity contribution in [2.24, 2.45) is 0 Å². The van der Waals surface area contributed by atoms with E-state index >= 15 is 0 Å². The molecule has 2 amide bonds. The van der Waals surface area contributed by atoms with Gasteiger partial charge in [-0.15, -0.1) is 0 Å². The Bertz CT molecular complexity index is 702. The fourth-order valence-corrected chi connectivity index (χ4v) is 3.48. The summed E-state index contributed by atoms with van der Waals surface area (Å²) < 4.78 is 0. The molecule has 0 aliphatic carbocycles. The lowest BCUT2D eigenvalue weighted by molar-refractivity contribution is 0.226. The Balaban J connectivity index is 1.83. The van der Waals surface area contributed by atoms with Crippen molar-refractivity contribution in [2.75, 3.05) is 19.6 Å². The molecule has 1 heterocycles. The highest BCUT2D eigenvalue weighted by Crippen LogP contribution is 2.23. The Morgan fingerprint density at radius 3 is 2.73 bits per heavy atom. The average molecular weight is 396 g/mol. The average Bonchev–Trinajstić information content (AvgIpc) is 2.96. The van der Waals surface area contributed by atoms with E-state index in [1.165, 1.54) is 5.57 Å². The van der Waals surface area contributed by atoms with Gasteiger partial charge in [0.2, 0.25) is 0 Å². The van der Waals surface area contributed by atoms with Crippen LogP contribution >= 0.6 is 23.2 Å². The summed E-state index contributed by atoms with van der Waals surface area (Å²) >= 11 is 11.9. The van der Waals surface area contributed by atoms with E-state index in [0.29, 0.717) is 16.6 Å². The minimum absolute atomic E-state index is 0.167. The maximum absolute atomic E-state index is 12.3. The highest BCUT2D eigenvalue weighted by molar-refractivity contribution is 6.42. The lowest BCUT2D eigenvalue weighted by Crippen LogP contribution is -2.51. The van der Waals surface area contributed by atoms with E-state index in [-0.39, 0.29) is 11.6 Å². The van der Waals surface area contributed by atoms with Gasteiger partial charge < -0.3 is 10.6 Å². The molecule has 1 aromatic carbocycles. The first-order chi connectivity index (χ1) is 12.3. The lowest BCUT2D eigenvalue weighted by Gasteiger charge is -2.26. The van der Waals surface area contributed by atoms with Crippen molar-refractivity contribution in [1.29, 1.82) is 0 Å². The predicted molar refractivity (Wildman–Crippen MR) is 110 cm³/mol. The minimum atomic E-state index is -0.226. The maximum Gasteiger partial charge on any atom is 0.315 e. The van der Waals surface area contributed by atoms with Gasteiger partial charge in [0.05, 0.1) is 15.6 Å². The summed E-state index contributed by atoms with van der Waals surface area (Å²) in [5.74, 6) is 0. The molecule has 26 heavy (non-hydrogen) atoms. The molecule has 4 nitrogen and oxygen atoms in total. The largest absolute Gasteiger partial charge is 0.334 e. The third-order valence-corrected chi connectivity index (χ3v) is 5.30. The Morgan fingerprint density at radius 2 is 2.08 bits per heavy atom. The molecule has 1 saturated heterocycles. The number of carbonyl (C=O) groups excluding carboxylic acids is 1. The van der Waals surface area contributed by atoms with Gasteiger partial charge in [0.1, 0.15) is 0 Å². The van der Waals surface area contributed by atoms with Crippen LogP contribution in [-0.2, 0) is 6.54 Å². The van der Waals surface area contributed by atoms with Crippen LogP contribution in [0.15, 0.2) is 42.0 Å². The van der Waals surface area contributed by atoms with Crippen LogP contribution in [0, 0.1) is 0 Å². The Hall–Kier alpha value is -1.49. The number of nitrogens with one attached hydrogen (secondary N) is 2. The molecule has 1 aliphatic rings. The quantitative estimate of drug-likeness (QED) is 0.680. The molecule has 0 bridgehead atoms. The monoisotopic (exact) mass is 395 g/mol. The van der Waals surface area contributed by atoms with Gasteiger partial charge in [0.15, 0.2) is 0 Å². The maximum atomic E-state index is 12.3. The second-order valence-corrected chi connectivity index (χ2v) is 7.76. The number of benzene rings is 1. The van der Waals surface area contributed by atoms with Gasteiger partial charge in [-0.25, -0.2) is 4.79 Å². The normalized spacial score (nSPS) is 21.3. The Labute approximate surface area is 166 Å². The number of halogens is 2. The van der Waals surface area contributed by atoms with Gasteiger partial charge in [0.25, 0.3) is 0 Å². The molecule has 0 saturated carbocycles. The fourth-order valence-electron chi connectivity index (χ4n) is 3.16. The third-order valence-electron chi connectivity index (χ3n) is 4.56. The second kappa shape index (κ2) is 9.45. The summed E-state index contributed by atoms with van der Waals surface area (Å²) in [7, 11) is 0. The molecule has 0 radical (unpaired) electrons. The summed E-state index contributed by atoms with van der Waals surface area (Å²) in [5.41, 5.74) is 1.98. The first-order valence-electron chi connectivity index (χ1n) is 8.85. The van der Waals surface area contributed by atoms with Crippen LogP contribution in [0.4, 0.5) is 4.79 Å². The van der Waals surface area contributed by atoms with Crippen molar-refractivity contribution < 1.29 is 4.79 Å². The van der Waals surface area contributed by atoms with E-state index < -0.39 is 0 Å². The number of hydrogen-bond acceptors (Lipinski definition) is 2. The van der Waals surface area contributed by atoms with Gasteiger partial charge in [-0.2, -0.15) is 0 Å². The Kier molecular flexibility index (Phi) is 7.56. The molecular weight excluding hydrogens is 369 g/mol. The zero-order chi connectivity index (χ0) is 19.2. The molecule has 1 atom stereocenters. The molecule has 1 fully saturated rings. The smallest absolute Gasteiger partial charge is 0.315 e. The van der Waals surface area contributed by atoms with Gasteiger partial charge in [-0.1, -0.05) is 47.5 Å². The number of amides is 2. The van der Waals surface area contributed by atoms with E-state index in [9.17, 15) is 4.79 Å². The zero-order valence-corrected chi connectivity index (χ0v) is 17.1. The van der Waals surface area contributed by atoms with Crippen LogP contribution in [0.3, 0.4) is 0 Å². The summed E-state index contributed by atoms with van der Waals surface area (Å²) in [6, 6.07) is 5.19. The molecule has 1 aliphatic heterocycles. The van der Waals surface area contributed by atoms with Crippen LogP contribution in [0.5, 0.6) is 0 Å². The van der Waals surface area contributed by atoms with Crippen molar-refractivity contribution >= 4 is 29.2 Å². The molecule has 142 valence electrons. The first kappa shape index (κ1) is 20.8. The number of likely N-dealkylation sites (tertiary alicyclic amines) is 1. The molecule has 2 N–H and O–H groups in total. The molecule has 6 heteroatoms. The summed E-state index contributed by atoms with van der Waals surface area (Å²) in [6.07, 6.45) is 7.25. The van der Waals surface area contributed by atoms with Crippen LogP contribution < -0.4 is 10.6 Å². The third kappa shape index (κ3) is 6.04. The SMILES string of the molecule is CC=CC(=CC)CN1CCC(C)(NC(=O)NCc2ccc(Cl)c(Cl)c2)C1. The molecule has 1 unspecified atom stereocenters. The lowest BCUT2D eigenvalue weighted by atomic mass is 10.0. The van der Waals surface area contributed by atoms with Crippen molar-refractivity contribution in [2.45, 2.75) is 39.3 Å². The highest BCUT2D eigenvalue weighted by Gasteiger charge is 2.34. The number of urea groups is 1. The van der Waals surface area contributed by atoms with Crippen LogP contribution in [0.25, 0.3) is 0 Å². The zero-order valence-electron chi connectivity index (χ0n) is 15.6. The minimum Gasteiger partial charge on any atom is -0.334 e. The number of hydrogen-bond donors (Lipinski definition) is 2. The number of allylic oxidation sites excluding steroid dienone is 2. The highest BCUT2D eigenvalue weighted by atomic mass is 35.5. The predicted octanol–water partition coefficient (Wildman–Crippen LogP) is 4.78. The summed E-state index contributed by atoms with van der Waals surface area (Å²) in [6.45, 7) is 9.30. The standard InChI is InChI=1S/C20H27Cl2N3O/c1-4-6-15(5-2)13-25-10-9-20(3,14-25)24-19(26)23-12-16-7-8-17(21)18(22)11-16/h4-8,11H,9-10,12-14H2,1-3H3,(H2,23,24,26). The van der Waals surface area contributed by atoms with Crippen molar-refractivity contribution in [3.8, 4) is 0 Å². The molecule has 0 spiro atoms. The molecule has 2 rings (SSSR count). The summed E-state index contributed by atoms with van der Waals surface area (Å²) in [4.78, 5) is 14.7. The van der Waals surface area contributed by atoms with Gasteiger partial charge in [0, 0.05) is 26.2 Å². The van der Waals surface area contributed by atoms with E-state index in [0.717, 1.165) is 31.6 Å². The van der Waals surface area contributed by atoms with Gasteiger partial charge in [-0.05, 0) is 50.5 Å². The van der Waals surface area contributed by atoms with Crippen molar-refractivity contribution in [3.05, 3.63) is 57.6 Å². The van der Waals surface area contributed by atoms with E-state index in [1.54, 1.807) is 12.1 Å². The van der Waals surface area contributed by atoms with Crippen LogP contribution in [0.1, 0.15) is 32.8 Å². The second-order valence-electron chi connectivity index (χ2n) is 6.94. The number of rotatable bonds is 6. The van der Waals surface area contributed by atoms with Crippen molar-refractivity contribution in [1.82, 2.24) is 15.5 Å². The Morgan fingerprint density at radius 1 is 1.31 bits per heavy atom. The topological polar surface area (TPSA) is 44.4 Å². The van der Waals surface area contributed by atoms with Crippen LogP contribution in [-0.4, -0.2) is 36.1 Å². The van der Waals surface area contributed by atoms with Gasteiger partial charge >= 0.3 is 6.03 Å². The first-order valence-corrected chi connectivity index (χ1v) is 9.61. The number of carbonyl (C=O) groups is 1. The van der Waals surface area contributed by atoms with Crippen molar-refractivity contribution in [3.63, 3.8) is 0 Å². The number of nitrogens with zero attached hydrogens (tertiary/aromatic N) is 1. The summed E-state index contributed by atoms with van der Waals surface area (Å²) in [5, 5.41) is 7.01.